The van der Waals surface area contributed by atoms with Gasteiger partial charge in [-0.3, -0.25) is 4.79 Å². The summed E-state index contributed by atoms with van der Waals surface area (Å²) < 4.78 is 11.3. The topological polar surface area (TPSA) is 47.6 Å². The highest BCUT2D eigenvalue weighted by molar-refractivity contribution is 6.35. The van der Waals surface area contributed by atoms with Crippen molar-refractivity contribution in [1.29, 1.82) is 0 Å². The van der Waals surface area contributed by atoms with Crippen molar-refractivity contribution < 1.29 is 14.3 Å². The third-order valence-electron chi connectivity index (χ3n) is 3.64. The summed E-state index contributed by atoms with van der Waals surface area (Å²) in [5, 5.41) is 3.73. The van der Waals surface area contributed by atoms with E-state index in [4.69, 9.17) is 32.7 Å². The van der Waals surface area contributed by atoms with Gasteiger partial charge in [0.1, 0.15) is 5.75 Å². The molecule has 0 heterocycles. The van der Waals surface area contributed by atoms with Gasteiger partial charge in [0.15, 0.2) is 0 Å². The Kier molecular flexibility index (Phi) is 8.23. The molecule has 0 fully saturated rings. The van der Waals surface area contributed by atoms with Crippen LogP contribution in [0.4, 0.5) is 5.69 Å². The van der Waals surface area contributed by atoms with E-state index in [1.54, 1.807) is 36.4 Å². The third kappa shape index (κ3) is 6.20. The van der Waals surface area contributed by atoms with Crippen LogP contribution in [-0.4, -0.2) is 19.1 Å². The largest absolute Gasteiger partial charge is 0.494 e. The van der Waals surface area contributed by atoms with Crippen LogP contribution in [0.25, 0.3) is 0 Å². The van der Waals surface area contributed by atoms with Crippen molar-refractivity contribution in [3.05, 3.63) is 57.6 Å². The van der Waals surface area contributed by atoms with Gasteiger partial charge in [-0.25, -0.2) is 0 Å². The van der Waals surface area contributed by atoms with Gasteiger partial charge in [-0.1, -0.05) is 36.5 Å². The Morgan fingerprint density at radius 3 is 2.46 bits per heavy atom. The van der Waals surface area contributed by atoms with Gasteiger partial charge in [-0.15, -0.1) is 0 Å². The summed E-state index contributed by atoms with van der Waals surface area (Å²) in [4.78, 5) is 12.6. The van der Waals surface area contributed by atoms with E-state index in [1.807, 2.05) is 6.92 Å². The van der Waals surface area contributed by atoms with Gasteiger partial charge in [0.25, 0.3) is 5.91 Å². The number of rotatable bonds is 9. The van der Waals surface area contributed by atoms with Crippen molar-refractivity contribution in [2.75, 3.05) is 18.5 Å². The number of nitrogens with one attached hydrogen (secondary N) is 1. The van der Waals surface area contributed by atoms with Crippen molar-refractivity contribution in [3.8, 4) is 5.75 Å². The monoisotopic (exact) mass is 395 g/mol. The number of amides is 1. The van der Waals surface area contributed by atoms with E-state index < -0.39 is 0 Å². The number of ether oxygens (including phenoxy) is 2. The number of carbonyl (C=O) groups excluding carboxylic acids is 1. The third-order valence-corrected chi connectivity index (χ3v) is 4.08. The van der Waals surface area contributed by atoms with Crippen LogP contribution in [0.1, 0.15) is 42.6 Å². The number of unbranched alkanes of at least 4 members (excludes halogenated alkanes) is 1. The van der Waals surface area contributed by atoms with E-state index in [0.29, 0.717) is 41.1 Å². The summed E-state index contributed by atoms with van der Waals surface area (Å²) in [5.41, 5.74) is 1.90. The molecular formula is C20H23Cl2NO3. The van der Waals surface area contributed by atoms with Crippen molar-refractivity contribution in [3.63, 3.8) is 0 Å². The first-order valence-electron chi connectivity index (χ1n) is 8.64. The molecule has 0 atom stereocenters. The molecular weight excluding hydrogens is 373 g/mol. The van der Waals surface area contributed by atoms with Gasteiger partial charge >= 0.3 is 0 Å². The maximum absolute atomic E-state index is 12.6. The van der Waals surface area contributed by atoms with E-state index in [0.717, 1.165) is 24.2 Å². The Morgan fingerprint density at radius 1 is 1.08 bits per heavy atom. The first kappa shape index (κ1) is 20.6. The molecule has 140 valence electrons. The maximum atomic E-state index is 12.6. The fourth-order valence-electron chi connectivity index (χ4n) is 2.39. The molecule has 2 rings (SSSR count). The molecule has 0 bridgehead atoms. The van der Waals surface area contributed by atoms with Crippen LogP contribution in [-0.2, 0) is 11.3 Å². The Hall–Kier alpha value is -1.75. The zero-order chi connectivity index (χ0) is 18.9. The lowest BCUT2D eigenvalue weighted by atomic mass is 10.1. The average Bonchev–Trinajstić information content (AvgIpc) is 2.59. The predicted molar refractivity (Wildman–Crippen MR) is 107 cm³/mol. The molecule has 2 aromatic rings. The Bertz CT molecular complexity index is 730. The SMILES string of the molecule is CCCCOCc1cc(C(=O)Nc2cc(Cl)cc(Cl)c2)ccc1OCC. The summed E-state index contributed by atoms with van der Waals surface area (Å²) in [6, 6.07) is 10.2. The van der Waals surface area contributed by atoms with Crippen molar-refractivity contribution >= 4 is 34.8 Å². The second-order valence-corrected chi connectivity index (χ2v) is 6.65. The number of halogens is 2. The zero-order valence-corrected chi connectivity index (χ0v) is 16.5. The molecule has 0 aromatic heterocycles. The Balaban J connectivity index is 2.15. The molecule has 0 saturated carbocycles. The minimum atomic E-state index is -0.249. The summed E-state index contributed by atoms with van der Waals surface area (Å²) >= 11 is 11.9. The molecule has 26 heavy (non-hydrogen) atoms. The van der Waals surface area contributed by atoms with Gasteiger partial charge in [-0.2, -0.15) is 0 Å². The van der Waals surface area contributed by atoms with Gasteiger partial charge in [-0.05, 0) is 49.7 Å². The summed E-state index contributed by atoms with van der Waals surface area (Å²) in [5.74, 6) is 0.479. The molecule has 0 aliphatic carbocycles. The lowest BCUT2D eigenvalue weighted by molar-refractivity contribution is 0.102. The summed E-state index contributed by atoms with van der Waals surface area (Å²) in [6.45, 7) is 5.67. The Labute approximate surface area is 164 Å². The number of anilines is 1. The van der Waals surface area contributed by atoms with Crippen LogP contribution < -0.4 is 10.1 Å². The molecule has 0 saturated heterocycles. The smallest absolute Gasteiger partial charge is 0.255 e. The predicted octanol–water partition coefficient (Wildman–Crippen LogP) is 5.96. The molecule has 0 radical (unpaired) electrons. The van der Waals surface area contributed by atoms with Crippen LogP contribution in [0.5, 0.6) is 5.75 Å². The minimum Gasteiger partial charge on any atom is -0.494 e. The molecule has 2 aromatic carbocycles. The highest BCUT2D eigenvalue weighted by atomic mass is 35.5. The number of hydrogen-bond donors (Lipinski definition) is 1. The molecule has 1 N–H and O–H groups in total. The van der Waals surface area contributed by atoms with Gasteiger partial charge in [0.05, 0.1) is 13.2 Å². The van der Waals surface area contributed by atoms with E-state index in [-0.39, 0.29) is 5.91 Å². The highest BCUT2D eigenvalue weighted by Crippen LogP contribution is 2.25. The van der Waals surface area contributed by atoms with Crippen molar-refractivity contribution in [2.45, 2.75) is 33.3 Å². The molecule has 4 nitrogen and oxygen atoms in total. The van der Waals surface area contributed by atoms with Gasteiger partial charge < -0.3 is 14.8 Å². The first-order chi connectivity index (χ1) is 12.5. The van der Waals surface area contributed by atoms with Crippen LogP contribution in [0.2, 0.25) is 10.0 Å². The first-order valence-corrected chi connectivity index (χ1v) is 9.40. The molecule has 0 aliphatic heterocycles. The van der Waals surface area contributed by atoms with E-state index >= 15 is 0 Å². The van der Waals surface area contributed by atoms with E-state index in [1.165, 1.54) is 0 Å². The standard InChI is InChI=1S/C20H23Cl2NO3/c1-3-5-8-25-13-15-9-14(6-7-19(15)26-4-2)20(24)23-18-11-16(21)10-17(22)12-18/h6-7,9-12H,3-5,8,13H2,1-2H3,(H,23,24). The van der Waals surface area contributed by atoms with E-state index in [9.17, 15) is 4.79 Å². The normalized spacial score (nSPS) is 10.6. The Morgan fingerprint density at radius 2 is 1.81 bits per heavy atom. The second kappa shape index (κ2) is 10.4. The van der Waals surface area contributed by atoms with Gasteiger partial charge in [0.2, 0.25) is 0 Å². The quantitative estimate of drug-likeness (QED) is 0.532. The van der Waals surface area contributed by atoms with Crippen LogP contribution in [0.3, 0.4) is 0 Å². The molecule has 0 spiro atoms. The average molecular weight is 396 g/mol. The lowest BCUT2D eigenvalue weighted by Gasteiger charge is -2.13. The minimum absolute atomic E-state index is 0.249. The number of hydrogen-bond acceptors (Lipinski definition) is 3. The fourth-order valence-corrected chi connectivity index (χ4v) is 2.91. The molecule has 0 unspecified atom stereocenters. The van der Waals surface area contributed by atoms with Crippen molar-refractivity contribution in [2.24, 2.45) is 0 Å². The van der Waals surface area contributed by atoms with Crippen LogP contribution in [0, 0.1) is 0 Å². The highest BCUT2D eigenvalue weighted by Gasteiger charge is 2.12. The molecule has 6 heteroatoms. The number of carbonyl (C=O) groups is 1. The molecule has 1 amide bonds. The van der Waals surface area contributed by atoms with Gasteiger partial charge in [0, 0.05) is 33.5 Å². The second-order valence-electron chi connectivity index (χ2n) is 5.77. The fraction of sp³-hybridized carbons (Fsp3) is 0.350. The number of benzene rings is 2. The van der Waals surface area contributed by atoms with E-state index in [2.05, 4.69) is 12.2 Å². The van der Waals surface area contributed by atoms with Crippen molar-refractivity contribution in [1.82, 2.24) is 0 Å². The van der Waals surface area contributed by atoms with Crippen LogP contribution in [0.15, 0.2) is 36.4 Å². The summed E-state index contributed by atoms with van der Waals surface area (Å²) in [6.07, 6.45) is 2.07. The lowest BCUT2D eigenvalue weighted by Crippen LogP contribution is -2.13. The summed E-state index contributed by atoms with van der Waals surface area (Å²) in [7, 11) is 0. The zero-order valence-electron chi connectivity index (χ0n) is 15.0. The molecule has 0 aliphatic rings. The van der Waals surface area contributed by atoms with Crippen LogP contribution >= 0.6 is 23.2 Å². The maximum Gasteiger partial charge on any atom is 0.255 e.